The topological polar surface area (TPSA) is 70.1 Å². The van der Waals surface area contributed by atoms with Crippen molar-refractivity contribution in [3.8, 4) is 5.75 Å². The maximum Gasteiger partial charge on any atom is 0.320 e. The zero-order chi connectivity index (χ0) is 15.2. The van der Waals surface area contributed by atoms with Crippen molar-refractivity contribution in [1.29, 1.82) is 0 Å². The molecule has 0 radical (unpaired) electrons. The van der Waals surface area contributed by atoms with Crippen LogP contribution in [0.2, 0.25) is 0 Å². The Labute approximate surface area is 123 Å². The zero-order valence-corrected chi connectivity index (χ0v) is 12.1. The largest absolute Gasteiger partial charge is 0.491 e. The van der Waals surface area contributed by atoms with Crippen LogP contribution in [0.15, 0.2) is 24.3 Å². The molecule has 1 aromatic carbocycles. The van der Waals surface area contributed by atoms with Crippen molar-refractivity contribution in [2.75, 3.05) is 26.7 Å². The Bertz CT molecular complexity index is 518. The van der Waals surface area contributed by atoms with Gasteiger partial charge in [-0.05, 0) is 12.5 Å². The summed E-state index contributed by atoms with van der Waals surface area (Å²) in [5.41, 5.74) is 0.988. The van der Waals surface area contributed by atoms with Gasteiger partial charge in [0.05, 0.1) is 13.1 Å². The number of carboxylic acid groups (broad SMARTS) is 1. The SMILES string of the molecule is CN(CCCC(=O)O)C(=O)N1CCOc2ccccc2C1. The van der Waals surface area contributed by atoms with Gasteiger partial charge in [0.1, 0.15) is 12.4 Å². The molecular weight excluding hydrogens is 272 g/mol. The fourth-order valence-corrected chi connectivity index (χ4v) is 2.29. The molecule has 6 nitrogen and oxygen atoms in total. The van der Waals surface area contributed by atoms with Gasteiger partial charge in [-0.1, -0.05) is 18.2 Å². The molecule has 1 N–H and O–H groups in total. The van der Waals surface area contributed by atoms with Crippen LogP contribution in [0.5, 0.6) is 5.75 Å². The second kappa shape index (κ2) is 6.97. The number of amides is 2. The molecule has 1 heterocycles. The van der Waals surface area contributed by atoms with Crippen molar-refractivity contribution in [3.63, 3.8) is 0 Å². The third kappa shape index (κ3) is 4.11. The van der Waals surface area contributed by atoms with Crippen LogP contribution in [0.4, 0.5) is 4.79 Å². The van der Waals surface area contributed by atoms with E-state index in [2.05, 4.69) is 0 Å². The number of para-hydroxylation sites is 1. The summed E-state index contributed by atoms with van der Waals surface area (Å²) in [6, 6.07) is 7.59. The number of hydrogen-bond acceptors (Lipinski definition) is 3. The van der Waals surface area contributed by atoms with Crippen molar-refractivity contribution < 1.29 is 19.4 Å². The minimum absolute atomic E-state index is 0.0730. The van der Waals surface area contributed by atoms with Crippen LogP contribution in [0.3, 0.4) is 0 Å². The summed E-state index contributed by atoms with van der Waals surface area (Å²) in [4.78, 5) is 26.2. The van der Waals surface area contributed by atoms with Gasteiger partial charge in [0.2, 0.25) is 0 Å². The van der Waals surface area contributed by atoms with Gasteiger partial charge in [0.15, 0.2) is 0 Å². The molecule has 0 bridgehead atoms. The maximum absolute atomic E-state index is 12.4. The van der Waals surface area contributed by atoms with Crippen LogP contribution < -0.4 is 4.74 Å². The Morgan fingerprint density at radius 1 is 1.38 bits per heavy atom. The van der Waals surface area contributed by atoms with Crippen LogP contribution in [-0.2, 0) is 11.3 Å². The molecule has 0 aliphatic carbocycles. The summed E-state index contributed by atoms with van der Waals surface area (Å²) in [6.07, 6.45) is 0.530. The highest BCUT2D eigenvalue weighted by Gasteiger charge is 2.22. The van der Waals surface area contributed by atoms with Gasteiger partial charge in [-0.25, -0.2) is 4.79 Å². The average molecular weight is 292 g/mol. The zero-order valence-electron chi connectivity index (χ0n) is 12.1. The van der Waals surface area contributed by atoms with E-state index in [-0.39, 0.29) is 12.5 Å². The van der Waals surface area contributed by atoms with E-state index in [1.54, 1.807) is 16.8 Å². The molecule has 0 aromatic heterocycles. The Kier molecular flexibility index (Phi) is 5.03. The third-order valence-corrected chi connectivity index (χ3v) is 3.43. The number of carbonyl (C=O) groups is 2. The predicted molar refractivity (Wildman–Crippen MR) is 77.2 cm³/mol. The van der Waals surface area contributed by atoms with E-state index < -0.39 is 5.97 Å². The Balaban J connectivity index is 1.94. The van der Waals surface area contributed by atoms with E-state index in [1.807, 2.05) is 24.3 Å². The quantitative estimate of drug-likeness (QED) is 0.918. The van der Waals surface area contributed by atoms with Gasteiger partial charge in [0.25, 0.3) is 0 Å². The first-order chi connectivity index (χ1) is 10.1. The van der Waals surface area contributed by atoms with Crippen LogP contribution in [0, 0.1) is 0 Å². The number of rotatable bonds is 4. The monoisotopic (exact) mass is 292 g/mol. The van der Waals surface area contributed by atoms with E-state index in [1.165, 1.54) is 0 Å². The molecule has 0 fully saturated rings. The van der Waals surface area contributed by atoms with Crippen LogP contribution in [0.1, 0.15) is 18.4 Å². The third-order valence-electron chi connectivity index (χ3n) is 3.43. The number of fused-ring (bicyclic) bond motifs is 1. The van der Waals surface area contributed by atoms with Gasteiger partial charge in [-0.2, -0.15) is 0 Å². The summed E-state index contributed by atoms with van der Waals surface area (Å²) >= 11 is 0. The van der Waals surface area contributed by atoms with Gasteiger partial charge in [0, 0.05) is 25.6 Å². The molecule has 0 saturated carbocycles. The maximum atomic E-state index is 12.4. The molecule has 114 valence electrons. The van der Waals surface area contributed by atoms with E-state index in [0.717, 1.165) is 11.3 Å². The molecule has 0 unspecified atom stereocenters. The van der Waals surface area contributed by atoms with Gasteiger partial charge < -0.3 is 19.6 Å². The number of hydrogen-bond donors (Lipinski definition) is 1. The van der Waals surface area contributed by atoms with Gasteiger partial charge in [-0.3, -0.25) is 4.79 Å². The molecule has 6 heteroatoms. The second-order valence-corrected chi connectivity index (χ2v) is 5.08. The molecular formula is C15H20N2O4. The number of nitrogens with zero attached hydrogens (tertiary/aromatic N) is 2. The van der Waals surface area contributed by atoms with E-state index in [0.29, 0.717) is 32.7 Å². The Morgan fingerprint density at radius 3 is 2.90 bits per heavy atom. The number of aliphatic carboxylic acids is 1. The number of carbonyl (C=O) groups excluding carboxylic acids is 1. The van der Waals surface area contributed by atoms with E-state index >= 15 is 0 Å². The molecule has 0 spiro atoms. The molecule has 2 rings (SSSR count). The summed E-state index contributed by atoms with van der Waals surface area (Å²) in [6.45, 7) is 1.94. The molecule has 1 aliphatic heterocycles. The van der Waals surface area contributed by atoms with Crippen molar-refractivity contribution in [1.82, 2.24) is 9.80 Å². The highest BCUT2D eigenvalue weighted by atomic mass is 16.5. The first-order valence-corrected chi connectivity index (χ1v) is 7.00. The molecule has 0 atom stereocenters. The van der Waals surface area contributed by atoms with Gasteiger partial charge in [-0.15, -0.1) is 0 Å². The Hall–Kier alpha value is -2.24. The normalized spacial score (nSPS) is 13.9. The predicted octanol–water partition coefficient (Wildman–Crippen LogP) is 1.80. The molecule has 1 aliphatic rings. The molecule has 0 saturated heterocycles. The Morgan fingerprint density at radius 2 is 2.14 bits per heavy atom. The molecule has 2 amide bonds. The van der Waals surface area contributed by atoms with Crippen molar-refractivity contribution in [2.45, 2.75) is 19.4 Å². The van der Waals surface area contributed by atoms with Crippen LogP contribution in [-0.4, -0.2) is 53.7 Å². The summed E-state index contributed by atoms with van der Waals surface area (Å²) in [5.74, 6) is -0.0192. The summed E-state index contributed by atoms with van der Waals surface area (Å²) < 4.78 is 5.63. The van der Waals surface area contributed by atoms with Crippen LogP contribution in [0.25, 0.3) is 0 Å². The lowest BCUT2D eigenvalue weighted by molar-refractivity contribution is -0.137. The number of benzene rings is 1. The number of ether oxygens (including phenoxy) is 1. The number of carboxylic acids is 1. The fraction of sp³-hybridized carbons (Fsp3) is 0.467. The number of urea groups is 1. The lowest BCUT2D eigenvalue weighted by Gasteiger charge is -2.26. The summed E-state index contributed by atoms with van der Waals surface area (Å²) in [5, 5.41) is 8.63. The first kappa shape index (κ1) is 15.2. The fourth-order valence-electron chi connectivity index (χ4n) is 2.29. The summed E-state index contributed by atoms with van der Waals surface area (Å²) in [7, 11) is 1.70. The smallest absolute Gasteiger partial charge is 0.320 e. The van der Waals surface area contributed by atoms with Crippen LogP contribution >= 0.6 is 0 Å². The highest BCUT2D eigenvalue weighted by molar-refractivity contribution is 5.74. The lowest BCUT2D eigenvalue weighted by Crippen LogP contribution is -2.42. The minimum Gasteiger partial charge on any atom is -0.491 e. The minimum atomic E-state index is -0.840. The van der Waals surface area contributed by atoms with E-state index in [4.69, 9.17) is 9.84 Å². The second-order valence-electron chi connectivity index (χ2n) is 5.08. The highest BCUT2D eigenvalue weighted by Crippen LogP contribution is 2.22. The van der Waals surface area contributed by atoms with Crippen molar-refractivity contribution >= 4 is 12.0 Å². The van der Waals surface area contributed by atoms with Crippen molar-refractivity contribution in [2.24, 2.45) is 0 Å². The van der Waals surface area contributed by atoms with E-state index in [9.17, 15) is 9.59 Å². The molecule has 21 heavy (non-hydrogen) atoms. The standard InChI is InChI=1S/C15H20N2O4/c1-16(8-4-7-14(18)19)15(20)17-9-10-21-13-6-3-2-5-12(13)11-17/h2-3,5-6H,4,7-11H2,1H3,(H,18,19). The van der Waals surface area contributed by atoms with Crippen molar-refractivity contribution in [3.05, 3.63) is 29.8 Å². The molecule has 1 aromatic rings. The average Bonchev–Trinajstić information content (AvgIpc) is 2.68. The lowest BCUT2D eigenvalue weighted by atomic mass is 10.2. The first-order valence-electron chi connectivity index (χ1n) is 7.00. The van der Waals surface area contributed by atoms with Gasteiger partial charge >= 0.3 is 12.0 Å².